The first-order chi connectivity index (χ1) is 12.4. The summed E-state index contributed by atoms with van der Waals surface area (Å²) < 4.78 is 4.50. The second-order valence-corrected chi connectivity index (χ2v) is 7.98. The Bertz CT molecular complexity index is 189. The average molecular weight is 355 g/mol. The van der Waals surface area contributed by atoms with Crippen molar-refractivity contribution in [2.45, 2.75) is 142 Å². The minimum Gasteiger partial charge on any atom is -0.377 e. The lowest BCUT2D eigenvalue weighted by Gasteiger charge is -2.03. The molecule has 0 N–H and O–H groups in total. The molecule has 0 aromatic rings. The second kappa shape index (κ2) is 24.0. The zero-order valence-electron chi connectivity index (χ0n) is 18.0. The summed E-state index contributed by atoms with van der Waals surface area (Å²) in [5.74, 6) is 0. The van der Waals surface area contributed by atoms with Gasteiger partial charge < -0.3 is 4.74 Å². The van der Waals surface area contributed by atoms with Gasteiger partial charge in [0.2, 0.25) is 0 Å². The van der Waals surface area contributed by atoms with Crippen LogP contribution in [0.3, 0.4) is 0 Å². The van der Waals surface area contributed by atoms with Crippen LogP contribution in [0.4, 0.5) is 0 Å². The van der Waals surface area contributed by atoms with E-state index in [9.17, 15) is 0 Å². The third-order valence-corrected chi connectivity index (χ3v) is 5.16. The predicted octanol–water partition coefficient (Wildman–Crippen LogP) is 8.84. The molecule has 0 amide bonds. The van der Waals surface area contributed by atoms with Crippen molar-refractivity contribution < 1.29 is 4.74 Å². The summed E-state index contributed by atoms with van der Waals surface area (Å²) in [7, 11) is 0. The van der Waals surface area contributed by atoms with Gasteiger partial charge in [-0.25, -0.2) is 0 Å². The highest BCUT2D eigenvalue weighted by atomic mass is 16.6. The highest BCUT2D eigenvalue weighted by Crippen LogP contribution is 2.14. The molecule has 25 heavy (non-hydrogen) atoms. The monoisotopic (exact) mass is 354 g/mol. The highest BCUT2D eigenvalue weighted by Gasteiger charge is 1.95. The maximum absolute atomic E-state index is 4.50. The number of hydrogen-bond donors (Lipinski definition) is 0. The van der Waals surface area contributed by atoms with E-state index in [1.807, 2.05) is 0 Å². The van der Waals surface area contributed by atoms with Gasteiger partial charge in [0.25, 0.3) is 0 Å². The van der Waals surface area contributed by atoms with Gasteiger partial charge in [-0.05, 0) is 0 Å². The van der Waals surface area contributed by atoms with Crippen LogP contribution in [-0.2, 0) is 4.74 Å². The number of hydrogen-bond acceptors (Lipinski definition) is 1. The highest BCUT2D eigenvalue weighted by molar-refractivity contribution is 4.50. The fraction of sp³-hybridized carbons (Fsp3) is 1.00. The van der Waals surface area contributed by atoms with Crippen molar-refractivity contribution >= 4 is 0 Å². The Hall–Kier alpha value is -0.0400. The summed E-state index contributed by atoms with van der Waals surface area (Å²) >= 11 is 0. The number of ether oxygens (including phenoxy) is 1. The summed E-state index contributed by atoms with van der Waals surface area (Å²) in [5, 5.41) is 0. The minimum atomic E-state index is 1.00. The normalized spacial score (nSPS) is 12.7. The molecule has 0 saturated carbocycles. The predicted molar refractivity (Wildman–Crippen MR) is 115 cm³/mol. The topological polar surface area (TPSA) is 12.5 Å². The molecule has 1 aliphatic rings. The number of epoxide rings is 1. The molecular formula is C24H50O. The Labute approximate surface area is 160 Å². The number of rotatable bonds is 19. The standard InChI is InChI=1S/C22H46.C2H4O/c1-3-5-7-9-11-13-15-17-19-21-22-20-18-16-14-12-10-8-6-4-2;1-2-3-1/h3-22H2,1-2H3;1-2H2. The third kappa shape index (κ3) is 29.0. The van der Waals surface area contributed by atoms with Gasteiger partial charge in [0, 0.05) is 0 Å². The minimum absolute atomic E-state index is 1.00. The van der Waals surface area contributed by atoms with Gasteiger partial charge in [0.05, 0.1) is 13.2 Å². The van der Waals surface area contributed by atoms with Gasteiger partial charge >= 0.3 is 0 Å². The summed E-state index contributed by atoms with van der Waals surface area (Å²) in [4.78, 5) is 0. The summed E-state index contributed by atoms with van der Waals surface area (Å²) in [6.07, 6.45) is 29.4. The van der Waals surface area contributed by atoms with Crippen molar-refractivity contribution in [3.8, 4) is 0 Å². The van der Waals surface area contributed by atoms with Crippen LogP contribution in [0.15, 0.2) is 0 Å². The van der Waals surface area contributed by atoms with E-state index in [-0.39, 0.29) is 0 Å². The lowest BCUT2D eigenvalue weighted by atomic mass is 10.0. The van der Waals surface area contributed by atoms with E-state index in [0.717, 1.165) is 13.2 Å². The van der Waals surface area contributed by atoms with Crippen LogP contribution >= 0.6 is 0 Å². The zero-order valence-corrected chi connectivity index (χ0v) is 18.0. The zero-order chi connectivity index (χ0) is 18.3. The van der Waals surface area contributed by atoms with E-state index < -0.39 is 0 Å². The van der Waals surface area contributed by atoms with Crippen LogP contribution in [0.1, 0.15) is 142 Å². The molecule has 0 radical (unpaired) electrons. The molecule has 1 rings (SSSR count). The van der Waals surface area contributed by atoms with Gasteiger partial charge in [-0.3, -0.25) is 0 Å². The Balaban J connectivity index is 0.00000171. The molecule has 1 saturated heterocycles. The van der Waals surface area contributed by atoms with Gasteiger partial charge in [-0.15, -0.1) is 0 Å². The Kier molecular flexibility index (Phi) is 23.9. The van der Waals surface area contributed by atoms with Gasteiger partial charge in [-0.2, -0.15) is 0 Å². The molecule has 0 aliphatic carbocycles. The van der Waals surface area contributed by atoms with Crippen LogP contribution in [-0.4, -0.2) is 13.2 Å². The summed E-state index contributed by atoms with van der Waals surface area (Å²) in [6.45, 7) is 6.60. The quantitative estimate of drug-likeness (QED) is 0.167. The van der Waals surface area contributed by atoms with Crippen molar-refractivity contribution in [3.05, 3.63) is 0 Å². The van der Waals surface area contributed by atoms with E-state index in [1.54, 1.807) is 0 Å². The maximum Gasteiger partial charge on any atom is 0.0701 e. The fourth-order valence-corrected chi connectivity index (χ4v) is 3.33. The van der Waals surface area contributed by atoms with E-state index in [2.05, 4.69) is 18.6 Å². The van der Waals surface area contributed by atoms with Gasteiger partial charge in [0.1, 0.15) is 0 Å². The molecule has 1 nitrogen and oxygen atoms in total. The Morgan fingerprint density at radius 1 is 0.360 bits per heavy atom. The molecule has 152 valence electrons. The molecule has 1 heterocycles. The first-order valence-electron chi connectivity index (χ1n) is 12.0. The smallest absolute Gasteiger partial charge is 0.0701 e. The maximum atomic E-state index is 4.50. The Morgan fingerprint density at radius 2 is 0.520 bits per heavy atom. The average Bonchev–Trinajstić information content (AvgIpc) is 3.50. The van der Waals surface area contributed by atoms with Gasteiger partial charge in [-0.1, -0.05) is 142 Å². The van der Waals surface area contributed by atoms with Crippen LogP contribution in [0.2, 0.25) is 0 Å². The van der Waals surface area contributed by atoms with Crippen molar-refractivity contribution in [2.24, 2.45) is 0 Å². The van der Waals surface area contributed by atoms with Crippen molar-refractivity contribution in [2.75, 3.05) is 13.2 Å². The molecular weight excluding hydrogens is 304 g/mol. The van der Waals surface area contributed by atoms with Crippen molar-refractivity contribution in [1.29, 1.82) is 0 Å². The molecule has 0 aromatic carbocycles. The SMILES string of the molecule is C1CO1.CCCCCCCCCCCCCCCCCCCCCC. The van der Waals surface area contributed by atoms with Crippen LogP contribution < -0.4 is 0 Å². The fourth-order valence-electron chi connectivity index (χ4n) is 3.33. The summed E-state index contributed by atoms with van der Waals surface area (Å²) in [6, 6.07) is 0. The van der Waals surface area contributed by atoms with E-state index in [0.29, 0.717) is 0 Å². The summed E-state index contributed by atoms with van der Waals surface area (Å²) in [5.41, 5.74) is 0. The Morgan fingerprint density at radius 3 is 0.640 bits per heavy atom. The lowest BCUT2D eigenvalue weighted by Crippen LogP contribution is -1.84. The molecule has 0 bridgehead atoms. The number of unbranched alkanes of at least 4 members (excludes halogenated alkanes) is 19. The first-order valence-corrected chi connectivity index (χ1v) is 12.0. The van der Waals surface area contributed by atoms with E-state index >= 15 is 0 Å². The second-order valence-electron chi connectivity index (χ2n) is 7.98. The van der Waals surface area contributed by atoms with E-state index in [4.69, 9.17) is 0 Å². The van der Waals surface area contributed by atoms with Crippen LogP contribution in [0.25, 0.3) is 0 Å². The molecule has 1 heteroatoms. The molecule has 0 spiro atoms. The first kappa shape index (κ1) is 25.0. The molecule has 0 unspecified atom stereocenters. The molecule has 1 fully saturated rings. The third-order valence-electron chi connectivity index (χ3n) is 5.16. The van der Waals surface area contributed by atoms with Crippen LogP contribution in [0.5, 0.6) is 0 Å². The molecule has 0 aromatic heterocycles. The largest absolute Gasteiger partial charge is 0.377 e. The van der Waals surface area contributed by atoms with E-state index in [1.165, 1.54) is 128 Å². The molecule has 0 atom stereocenters. The van der Waals surface area contributed by atoms with Gasteiger partial charge in [0.15, 0.2) is 0 Å². The molecule has 1 aliphatic heterocycles. The van der Waals surface area contributed by atoms with Crippen LogP contribution in [0, 0.1) is 0 Å². The van der Waals surface area contributed by atoms with Crippen molar-refractivity contribution in [3.63, 3.8) is 0 Å². The van der Waals surface area contributed by atoms with Crippen molar-refractivity contribution in [1.82, 2.24) is 0 Å². The lowest BCUT2D eigenvalue weighted by molar-refractivity contribution is 0.475.